The van der Waals surface area contributed by atoms with Crippen LogP contribution in [0, 0.1) is 10.1 Å². The molecule has 1 N–H and O–H groups in total. The molecule has 0 radical (unpaired) electrons. The number of hydrogen-bond acceptors (Lipinski definition) is 4. The summed E-state index contributed by atoms with van der Waals surface area (Å²) in [6.07, 6.45) is 1.18. The molecule has 0 aromatic heterocycles. The van der Waals surface area contributed by atoms with E-state index < -0.39 is 0 Å². The summed E-state index contributed by atoms with van der Waals surface area (Å²) in [5.41, 5.74) is 1.16. The molecule has 0 bridgehead atoms. The third-order valence-electron chi connectivity index (χ3n) is 3.73. The van der Waals surface area contributed by atoms with Crippen molar-refractivity contribution in [3.63, 3.8) is 0 Å². The van der Waals surface area contributed by atoms with Crippen LogP contribution in [0.3, 0.4) is 0 Å². The Bertz CT molecular complexity index is 432. The lowest BCUT2D eigenvalue weighted by Gasteiger charge is -2.29. The van der Waals surface area contributed by atoms with Gasteiger partial charge >= 0.3 is 0 Å². The highest BCUT2D eigenvalue weighted by molar-refractivity contribution is 5.32. The molecule has 1 aliphatic rings. The normalized spacial score (nSPS) is 27.3. The minimum Gasteiger partial charge on any atom is -0.377 e. The van der Waals surface area contributed by atoms with Crippen molar-refractivity contribution in [1.29, 1.82) is 0 Å². The first-order valence-corrected chi connectivity index (χ1v) is 6.11. The standard InChI is InChI=1S/C13H18N2O3/c1-10-13(2,7-8-18-10)14-9-11-3-5-12(6-4-11)15(16)17/h3-6,10,14H,7-9H2,1-2H3. The van der Waals surface area contributed by atoms with Crippen molar-refractivity contribution < 1.29 is 9.66 Å². The van der Waals surface area contributed by atoms with Crippen molar-refractivity contribution in [2.24, 2.45) is 0 Å². The molecule has 1 aliphatic heterocycles. The quantitative estimate of drug-likeness (QED) is 0.657. The molecule has 1 saturated heterocycles. The Balaban J connectivity index is 1.96. The van der Waals surface area contributed by atoms with Gasteiger partial charge in [-0.25, -0.2) is 0 Å². The Kier molecular flexibility index (Phi) is 3.63. The van der Waals surface area contributed by atoms with Gasteiger partial charge in [-0.2, -0.15) is 0 Å². The molecular weight excluding hydrogens is 232 g/mol. The number of non-ortho nitro benzene ring substituents is 1. The lowest BCUT2D eigenvalue weighted by Crippen LogP contribution is -2.47. The van der Waals surface area contributed by atoms with Crippen LogP contribution in [0.15, 0.2) is 24.3 Å². The van der Waals surface area contributed by atoms with E-state index in [-0.39, 0.29) is 22.3 Å². The number of ether oxygens (including phenoxy) is 1. The van der Waals surface area contributed by atoms with Crippen LogP contribution in [0.4, 0.5) is 5.69 Å². The maximum Gasteiger partial charge on any atom is 0.269 e. The molecule has 1 heterocycles. The van der Waals surface area contributed by atoms with Crippen LogP contribution in [0.2, 0.25) is 0 Å². The monoisotopic (exact) mass is 250 g/mol. The minimum absolute atomic E-state index is 0.0121. The number of rotatable bonds is 4. The Morgan fingerprint density at radius 1 is 1.50 bits per heavy atom. The van der Waals surface area contributed by atoms with Crippen LogP contribution in [-0.2, 0) is 11.3 Å². The summed E-state index contributed by atoms with van der Waals surface area (Å²) < 4.78 is 5.56. The summed E-state index contributed by atoms with van der Waals surface area (Å²) in [5.74, 6) is 0. The van der Waals surface area contributed by atoms with Crippen molar-refractivity contribution in [3.05, 3.63) is 39.9 Å². The first kappa shape index (κ1) is 13.0. The third kappa shape index (κ3) is 2.68. The second-order valence-electron chi connectivity index (χ2n) is 4.96. The molecule has 18 heavy (non-hydrogen) atoms. The van der Waals surface area contributed by atoms with E-state index in [0.29, 0.717) is 6.54 Å². The van der Waals surface area contributed by atoms with Crippen LogP contribution >= 0.6 is 0 Å². The van der Waals surface area contributed by atoms with Crippen LogP contribution in [0.1, 0.15) is 25.8 Å². The van der Waals surface area contributed by atoms with Gasteiger partial charge in [0, 0.05) is 30.8 Å². The van der Waals surface area contributed by atoms with Gasteiger partial charge in [-0.05, 0) is 25.8 Å². The van der Waals surface area contributed by atoms with E-state index in [9.17, 15) is 10.1 Å². The summed E-state index contributed by atoms with van der Waals surface area (Å²) >= 11 is 0. The second kappa shape index (κ2) is 5.04. The molecule has 0 amide bonds. The molecule has 2 unspecified atom stereocenters. The number of nitro benzene ring substituents is 1. The molecule has 0 spiro atoms. The average Bonchev–Trinajstić information content (AvgIpc) is 2.68. The molecular formula is C13H18N2O3. The molecule has 5 nitrogen and oxygen atoms in total. The summed E-state index contributed by atoms with van der Waals surface area (Å²) in [4.78, 5) is 10.2. The fraction of sp³-hybridized carbons (Fsp3) is 0.538. The average molecular weight is 250 g/mol. The maximum atomic E-state index is 10.5. The van der Waals surface area contributed by atoms with Crippen LogP contribution in [-0.4, -0.2) is 23.2 Å². The van der Waals surface area contributed by atoms with Gasteiger partial charge in [-0.3, -0.25) is 10.1 Å². The number of benzene rings is 1. The molecule has 0 aliphatic carbocycles. The van der Waals surface area contributed by atoms with Crippen LogP contribution in [0.5, 0.6) is 0 Å². The van der Waals surface area contributed by atoms with Gasteiger partial charge < -0.3 is 10.1 Å². The highest BCUT2D eigenvalue weighted by Gasteiger charge is 2.36. The predicted molar refractivity (Wildman–Crippen MR) is 68.4 cm³/mol. The zero-order valence-corrected chi connectivity index (χ0v) is 10.7. The minimum atomic E-state index is -0.384. The van der Waals surface area contributed by atoms with E-state index >= 15 is 0 Å². The number of nitro groups is 1. The fourth-order valence-corrected chi connectivity index (χ4v) is 2.11. The molecule has 98 valence electrons. The Hall–Kier alpha value is -1.46. The van der Waals surface area contributed by atoms with E-state index in [2.05, 4.69) is 19.2 Å². The van der Waals surface area contributed by atoms with Crippen molar-refractivity contribution in [2.45, 2.75) is 38.5 Å². The van der Waals surface area contributed by atoms with Gasteiger partial charge in [0.1, 0.15) is 0 Å². The fourth-order valence-electron chi connectivity index (χ4n) is 2.11. The molecule has 1 aromatic carbocycles. The zero-order chi connectivity index (χ0) is 13.2. The van der Waals surface area contributed by atoms with Crippen molar-refractivity contribution in [1.82, 2.24) is 5.32 Å². The third-order valence-corrected chi connectivity index (χ3v) is 3.73. The number of hydrogen-bond donors (Lipinski definition) is 1. The van der Waals surface area contributed by atoms with Gasteiger partial charge in [-0.1, -0.05) is 12.1 Å². The van der Waals surface area contributed by atoms with Crippen molar-refractivity contribution in [3.8, 4) is 0 Å². The summed E-state index contributed by atoms with van der Waals surface area (Å²) in [7, 11) is 0. The topological polar surface area (TPSA) is 64.4 Å². The summed E-state index contributed by atoms with van der Waals surface area (Å²) in [6.45, 7) is 5.69. The summed E-state index contributed by atoms with van der Waals surface area (Å²) in [6, 6.07) is 6.64. The highest BCUT2D eigenvalue weighted by atomic mass is 16.6. The Morgan fingerprint density at radius 3 is 2.67 bits per heavy atom. The van der Waals surface area contributed by atoms with E-state index in [0.717, 1.165) is 18.6 Å². The van der Waals surface area contributed by atoms with Gasteiger partial charge in [0.25, 0.3) is 5.69 Å². The molecule has 1 fully saturated rings. The van der Waals surface area contributed by atoms with E-state index in [1.165, 1.54) is 12.1 Å². The SMILES string of the molecule is CC1OCCC1(C)NCc1ccc([N+](=O)[O-])cc1. The summed E-state index contributed by atoms with van der Waals surface area (Å²) in [5, 5.41) is 14.0. The molecule has 2 atom stereocenters. The van der Waals surface area contributed by atoms with Crippen molar-refractivity contribution >= 4 is 5.69 Å². The Labute approximate surface area is 106 Å². The second-order valence-corrected chi connectivity index (χ2v) is 4.96. The number of nitrogens with zero attached hydrogens (tertiary/aromatic N) is 1. The molecule has 2 rings (SSSR count). The number of nitrogens with one attached hydrogen (secondary N) is 1. The maximum absolute atomic E-state index is 10.5. The largest absolute Gasteiger partial charge is 0.377 e. The molecule has 5 heteroatoms. The van der Waals surface area contributed by atoms with Gasteiger partial charge in [0.05, 0.1) is 11.0 Å². The van der Waals surface area contributed by atoms with Crippen LogP contribution < -0.4 is 5.32 Å². The highest BCUT2D eigenvalue weighted by Crippen LogP contribution is 2.25. The zero-order valence-electron chi connectivity index (χ0n) is 10.7. The Morgan fingerprint density at radius 2 is 2.17 bits per heavy atom. The van der Waals surface area contributed by atoms with E-state index in [1.807, 2.05) is 0 Å². The van der Waals surface area contributed by atoms with Crippen molar-refractivity contribution in [2.75, 3.05) is 6.61 Å². The van der Waals surface area contributed by atoms with E-state index in [4.69, 9.17) is 4.74 Å². The lowest BCUT2D eigenvalue weighted by atomic mass is 9.94. The predicted octanol–water partition coefficient (Wildman–Crippen LogP) is 2.25. The first-order valence-electron chi connectivity index (χ1n) is 6.11. The first-order chi connectivity index (χ1) is 8.51. The van der Waals surface area contributed by atoms with E-state index in [1.54, 1.807) is 12.1 Å². The smallest absolute Gasteiger partial charge is 0.269 e. The van der Waals surface area contributed by atoms with Crippen LogP contribution in [0.25, 0.3) is 0 Å². The van der Waals surface area contributed by atoms with Gasteiger partial charge in [-0.15, -0.1) is 0 Å². The lowest BCUT2D eigenvalue weighted by molar-refractivity contribution is -0.384. The molecule has 0 saturated carbocycles. The van der Waals surface area contributed by atoms with Gasteiger partial charge in [0.2, 0.25) is 0 Å². The molecule has 1 aromatic rings. The van der Waals surface area contributed by atoms with Gasteiger partial charge in [0.15, 0.2) is 0 Å².